The van der Waals surface area contributed by atoms with Gasteiger partial charge in [-0.2, -0.15) is 11.3 Å². The van der Waals surface area contributed by atoms with Gasteiger partial charge in [-0.3, -0.25) is 4.79 Å². The van der Waals surface area contributed by atoms with Crippen LogP contribution in [-0.4, -0.2) is 17.5 Å². The number of carbonyl (C=O) groups excluding carboxylic acids is 1. The molecule has 146 valence electrons. The fourth-order valence-corrected chi connectivity index (χ4v) is 4.15. The van der Waals surface area contributed by atoms with E-state index in [9.17, 15) is 4.79 Å². The van der Waals surface area contributed by atoms with E-state index in [1.54, 1.807) is 22.8 Å². The van der Waals surface area contributed by atoms with Gasteiger partial charge in [-0.1, -0.05) is 12.1 Å². The van der Waals surface area contributed by atoms with Crippen molar-refractivity contribution in [2.24, 2.45) is 0 Å². The maximum atomic E-state index is 12.7. The van der Waals surface area contributed by atoms with Crippen molar-refractivity contribution in [3.63, 3.8) is 0 Å². The third-order valence-electron chi connectivity index (χ3n) is 4.00. The number of hydrogen-bond donors (Lipinski definition) is 1. The van der Waals surface area contributed by atoms with Gasteiger partial charge in [0.2, 0.25) is 0 Å². The van der Waals surface area contributed by atoms with E-state index in [2.05, 4.69) is 10.3 Å². The summed E-state index contributed by atoms with van der Waals surface area (Å²) in [6.45, 7) is 2.55. The van der Waals surface area contributed by atoms with Crippen LogP contribution in [0.25, 0.3) is 10.6 Å². The minimum absolute atomic E-state index is 0.273. The number of hydrogen-bond acceptors (Lipinski definition) is 6. The number of thiophene rings is 1. The fraction of sp³-hybridized carbons (Fsp3) is 0.0909. The zero-order valence-corrected chi connectivity index (χ0v) is 17.3. The monoisotopic (exact) mass is 422 g/mol. The molecule has 0 atom stereocenters. The van der Waals surface area contributed by atoms with Gasteiger partial charge in [0.1, 0.15) is 22.2 Å². The number of amides is 1. The highest BCUT2D eigenvalue weighted by Crippen LogP contribution is 2.31. The zero-order chi connectivity index (χ0) is 20.1. The second-order valence-corrected chi connectivity index (χ2v) is 7.64. The smallest absolute Gasteiger partial charge is 0.275 e. The lowest BCUT2D eigenvalue weighted by Crippen LogP contribution is -2.12. The first-order chi connectivity index (χ1) is 14.2. The van der Waals surface area contributed by atoms with Crippen molar-refractivity contribution >= 4 is 34.3 Å². The molecule has 0 aliphatic heterocycles. The first kappa shape index (κ1) is 19.2. The molecule has 1 N–H and O–H groups in total. The zero-order valence-electron chi connectivity index (χ0n) is 15.6. The van der Waals surface area contributed by atoms with Gasteiger partial charge < -0.3 is 14.8 Å². The highest BCUT2D eigenvalue weighted by molar-refractivity contribution is 7.14. The van der Waals surface area contributed by atoms with Crippen LogP contribution in [0.15, 0.2) is 70.7 Å². The number of nitrogens with one attached hydrogen (secondary N) is 1. The summed E-state index contributed by atoms with van der Waals surface area (Å²) in [5, 5.41) is 9.49. The molecule has 1 amide bonds. The van der Waals surface area contributed by atoms with Crippen LogP contribution in [0.1, 0.15) is 17.4 Å². The topological polar surface area (TPSA) is 60.5 Å². The number of rotatable bonds is 7. The molecule has 0 aliphatic carbocycles. The molecule has 0 fully saturated rings. The number of aromatic nitrogens is 1. The van der Waals surface area contributed by atoms with Crippen molar-refractivity contribution in [1.82, 2.24) is 4.98 Å². The van der Waals surface area contributed by atoms with Crippen molar-refractivity contribution in [2.45, 2.75) is 6.92 Å². The average molecular weight is 423 g/mol. The number of para-hydroxylation sites is 2. The van der Waals surface area contributed by atoms with E-state index in [-0.39, 0.29) is 5.91 Å². The van der Waals surface area contributed by atoms with Crippen LogP contribution in [-0.2, 0) is 0 Å². The van der Waals surface area contributed by atoms with Crippen LogP contribution in [0.4, 0.5) is 5.69 Å². The number of carbonyl (C=O) groups is 1. The molecule has 29 heavy (non-hydrogen) atoms. The lowest BCUT2D eigenvalue weighted by molar-refractivity contribution is 0.102. The van der Waals surface area contributed by atoms with E-state index in [4.69, 9.17) is 9.47 Å². The Morgan fingerprint density at radius 2 is 1.83 bits per heavy atom. The van der Waals surface area contributed by atoms with Gasteiger partial charge in [-0.25, -0.2) is 4.98 Å². The Balaban J connectivity index is 1.49. The van der Waals surface area contributed by atoms with Crippen LogP contribution < -0.4 is 14.8 Å². The average Bonchev–Trinajstić information content (AvgIpc) is 3.43. The van der Waals surface area contributed by atoms with Gasteiger partial charge in [0.15, 0.2) is 5.75 Å². The van der Waals surface area contributed by atoms with E-state index in [1.165, 1.54) is 11.3 Å². The molecule has 2 aromatic carbocycles. The Labute approximate surface area is 176 Å². The van der Waals surface area contributed by atoms with Crippen LogP contribution in [0.3, 0.4) is 0 Å². The molecule has 0 saturated carbocycles. The van der Waals surface area contributed by atoms with E-state index in [1.807, 2.05) is 66.2 Å². The quantitative estimate of drug-likeness (QED) is 0.379. The molecule has 0 bridgehead atoms. The lowest BCUT2D eigenvalue weighted by Gasteiger charge is -2.12. The van der Waals surface area contributed by atoms with Crippen molar-refractivity contribution in [2.75, 3.05) is 11.9 Å². The van der Waals surface area contributed by atoms with Crippen molar-refractivity contribution in [3.05, 3.63) is 76.4 Å². The van der Waals surface area contributed by atoms with E-state index < -0.39 is 0 Å². The Morgan fingerprint density at radius 1 is 1.03 bits per heavy atom. The van der Waals surface area contributed by atoms with Crippen LogP contribution >= 0.6 is 22.7 Å². The van der Waals surface area contributed by atoms with Gasteiger partial charge in [-0.15, -0.1) is 11.3 Å². The van der Waals surface area contributed by atoms with Gasteiger partial charge in [-0.05, 0) is 54.8 Å². The summed E-state index contributed by atoms with van der Waals surface area (Å²) in [4.78, 5) is 17.1. The summed E-state index contributed by atoms with van der Waals surface area (Å²) in [6, 6.07) is 16.7. The first-order valence-electron chi connectivity index (χ1n) is 9.02. The van der Waals surface area contributed by atoms with Crippen molar-refractivity contribution in [1.29, 1.82) is 0 Å². The predicted molar refractivity (Wildman–Crippen MR) is 118 cm³/mol. The summed E-state index contributed by atoms with van der Waals surface area (Å²) in [6.07, 6.45) is 0. The van der Waals surface area contributed by atoms with Gasteiger partial charge in [0, 0.05) is 16.3 Å². The van der Waals surface area contributed by atoms with E-state index in [0.717, 1.165) is 16.3 Å². The summed E-state index contributed by atoms with van der Waals surface area (Å²) in [5.74, 6) is 1.72. The minimum Gasteiger partial charge on any atom is -0.494 e. The molecule has 0 aliphatic rings. The largest absolute Gasteiger partial charge is 0.494 e. The molecule has 4 rings (SSSR count). The standard InChI is InChI=1S/C22H18N2O3S2/c1-2-26-16-7-9-17(10-8-16)27-20-6-4-3-5-18(20)23-21(25)19-14-29-22(24-19)15-11-12-28-13-15/h3-14H,2H2,1H3,(H,23,25). The Morgan fingerprint density at radius 3 is 2.59 bits per heavy atom. The van der Waals surface area contributed by atoms with Crippen LogP contribution in [0.2, 0.25) is 0 Å². The Bertz CT molecular complexity index is 1090. The lowest BCUT2D eigenvalue weighted by atomic mass is 10.2. The molecule has 0 saturated heterocycles. The molecule has 4 aromatic rings. The maximum absolute atomic E-state index is 12.7. The van der Waals surface area contributed by atoms with Crippen molar-refractivity contribution < 1.29 is 14.3 Å². The minimum atomic E-state index is -0.273. The SMILES string of the molecule is CCOc1ccc(Oc2ccccc2NC(=O)c2csc(-c3ccsc3)n2)cc1. The maximum Gasteiger partial charge on any atom is 0.275 e. The highest BCUT2D eigenvalue weighted by Gasteiger charge is 2.14. The molecule has 2 aromatic heterocycles. The molecule has 2 heterocycles. The molecule has 7 heteroatoms. The summed E-state index contributed by atoms with van der Waals surface area (Å²) in [5.41, 5.74) is 1.99. The predicted octanol–water partition coefficient (Wildman–Crippen LogP) is 6.31. The third kappa shape index (κ3) is 4.64. The molecule has 0 unspecified atom stereocenters. The van der Waals surface area contributed by atoms with E-state index >= 15 is 0 Å². The van der Waals surface area contributed by atoms with E-state index in [0.29, 0.717) is 29.5 Å². The van der Waals surface area contributed by atoms with Crippen LogP contribution in [0, 0.1) is 0 Å². The van der Waals surface area contributed by atoms with Crippen LogP contribution in [0.5, 0.6) is 17.2 Å². The van der Waals surface area contributed by atoms with Gasteiger partial charge in [0.25, 0.3) is 5.91 Å². The molecule has 5 nitrogen and oxygen atoms in total. The molecular weight excluding hydrogens is 404 g/mol. The number of benzene rings is 2. The van der Waals surface area contributed by atoms with Gasteiger partial charge >= 0.3 is 0 Å². The summed E-state index contributed by atoms with van der Waals surface area (Å²) >= 11 is 3.05. The fourth-order valence-electron chi connectivity index (χ4n) is 2.64. The second-order valence-electron chi connectivity index (χ2n) is 6.01. The number of thiazole rings is 1. The first-order valence-corrected chi connectivity index (χ1v) is 10.8. The molecular formula is C22H18N2O3S2. The Hall–Kier alpha value is -3.16. The third-order valence-corrected chi connectivity index (χ3v) is 5.58. The normalized spacial score (nSPS) is 10.5. The highest BCUT2D eigenvalue weighted by atomic mass is 32.1. The molecule has 0 radical (unpaired) electrons. The number of ether oxygens (including phenoxy) is 2. The second kappa shape index (κ2) is 8.89. The number of anilines is 1. The van der Waals surface area contributed by atoms with Crippen molar-refractivity contribution in [3.8, 4) is 27.8 Å². The number of nitrogens with zero attached hydrogens (tertiary/aromatic N) is 1. The summed E-state index contributed by atoms with van der Waals surface area (Å²) < 4.78 is 11.4. The van der Waals surface area contributed by atoms with Gasteiger partial charge in [0.05, 0.1) is 12.3 Å². The Kier molecular flexibility index (Phi) is 5.88. The molecule has 0 spiro atoms. The summed E-state index contributed by atoms with van der Waals surface area (Å²) in [7, 11) is 0.